The fourth-order valence-corrected chi connectivity index (χ4v) is 1.34. The topological polar surface area (TPSA) is 29.5 Å². The van der Waals surface area contributed by atoms with Crippen LogP contribution in [0.25, 0.3) is 0 Å². The van der Waals surface area contributed by atoms with Crippen molar-refractivity contribution < 1.29 is 9.53 Å². The molecule has 1 rings (SSSR count). The molecule has 0 atom stereocenters. The summed E-state index contributed by atoms with van der Waals surface area (Å²) in [5, 5.41) is 0. The number of amides is 1. The highest BCUT2D eigenvalue weighted by molar-refractivity contribution is 5.47. The zero-order chi connectivity index (χ0) is 9.03. The third-order valence-corrected chi connectivity index (χ3v) is 2.00. The molecule has 0 N–H and O–H groups in total. The average Bonchev–Trinajstić information content (AvgIpc) is 2.01. The van der Waals surface area contributed by atoms with Gasteiger partial charge in [-0.1, -0.05) is 13.0 Å². The molecule has 0 aromatic carbocycles. The predicted molar refractivity (Wildman–Crippen MR) is 46.8 cm³/mol. The van der Waals surface area contributed by atoms with Crippen molar-refractivity contribution in [2.45, 2.75) is 6.92 Å². The summed E-state index contributed by atoms with van der Waals surface area (Å²) < 4.78 is 5.09. The van der Waals surface area contributed by atoms with Crippen LogP contribution in [-0.4, -0.2) is 37.6 Å². The van der Waals surface area contributed by atoms with Gasteiger partial charge in [0.05, 0.1) is 13.2 Å². The Balaban J connectivity index is 2.35. The molecular weight excluding hydrogens is 154 g/mol. The van der Waals surface area contributed by atoms with Gasteiger partial charge < -0.3 is 9.64 Å². The van der Waals surface area contributed by atoms with E-state index in [1.807, 2.05) is 0 Å². The fourth-order valence-electron chi connectivity index (χ4n) is 1.34. The minimum atomic E-state index is 0.171. The number of hydrogen-bond donors (Lipinski definition) is 0. The molecule has 68 valence electrons. The van der Waals surface area contributed by atoms with Crippen molar-refractivity contribution in [2.24, 2.45) is 5.41 Å². The highest BCUT2D eigenvalue weighted by Crippen LogP contribution is 2.26. The van der Waals surface area contributed by atoms with Gasteiger partial charge in [-0.05, 0) is 0 Å². The van der Waals surface area contributed by atoms with E-state index in [-0.39, 0.29) is 5.41 Å². The summed E-state index contributed by atoms with van der Waals surface area (Å²) in [6.07, 6.45) is 2.60. The molecule has 0 radical (unpaired) electrons. The normalized spacial score (nSPS) is 19.4. The van der Waals surface area contributed by atoms with Gasteiger partial charge in [0.1, 0.15) is 0 Å². The van der Waals surface area contributed by atoms with Crippen LogP contribution in [0.5, 0.6) is 0 Å². The van der Waals surface area contributed by atoms with Gasteiger partial charge in [0.15, 0.2) is 0 Å². The van der Waals surface area contributed by atoms with Crippen LogP contribution in [0.15, 0.2) is 12.7 Å². The Hall–Kier alpha value is -0.830. The first-order valence-electron chi connectivity index (χ1n) is 4.08. The Labute approximate surface area is 73.0 Å². The van der Waals surface area contributed by atoms with E-state index in [4.69, 9.17) is 4.74 Å². The second-order valence-corrected chi connectivity index (χ2v) is 3.63. The second kappa shape index (κ2) is 3.72. The van der Waals surface area contributed by atoms with Crippen LogP contribution in [0.4, 0.5) is 0 Å². The van der Waals surface area contributed by atoms with Crippen LogP contribution in [0, 0.1) is 5.41 Å². The van der Waals surface area contributed by atoms with Gasteiger partial charge in [-0.25, -0.2) is 0 Å². The highest BCUT2D eigenvalue weighted by Gasteiger charge is 2.34. The SMILES string of the molecule is C=CCN(C=O)CC1(C)COC1. The van der Waals surface area contributed by atoms with E-state index >= 15 is 0 Å². The summed E-state index contributed by atoms with van der Waals surface area (Å²) in [5.74, 6) is 0. The molecule has 0 spiro atoms. The molecule has 0 aliphatic carbocycles. The monoisotopic (exact) mass is 169 g/mol. The van der Waals surface area contributed by atoms with E-state index in [2.05, 4.69) is 13.5 Å². The van der Waals surface area contributed by atoms with Gasteiger partial charge in [0, 0.05) is 18.5 Å². The molecule has 0 aromatic heterocycles. The molecule has 0 bridgehead atoms. The van der Waals surface area contributed by atoms with Crippen LogP contribution >= 0.6 is 0 Å². The van der Waals surface area contributed by atoms with Crippen molar-refractivity contribution in [1.29, 1.82) is 0 Å². The second-order valence-electron chi connectivity index (χ2n) is 3.63. The van der Waals surface area contributed by atoms with Crippen molar-refractivity contribution in [3.05, 3.63) is 12.7 Å². The van der Waals surface area contributed by atoms with Gasteiger partial charge in [-0.2, -0.15) is 0 Å². The lowest BCUT2D eigenvalue weighted by Gasteiger charge is -2.40. The number of carbonyl (C=O) groups excluding carboxylic acids is 1. The zero-order valence-electron chi connectivity index (χ0n) is 7.45. The Morgan fingerprint density at radius 3 is 2.67 bits per heavy atom. The molecule has 0 unspecified atom stereocenters. The smallest absolute Gasteiger partial charge is 0.210 e. The number of nitrogens with zero attached hydrogens (tertiary/aromatic N) is 1. The summed E-state index contributed by atoms with van der Waals surface area (Å²) in [7, 11) is 0. The van der Waals surface area contributed by atoms with Crippen LogP contribution in [0.1, 0.15) is 6.92 Å². The molecule has 1 aliphatic heterocycles. The standard InChI is InChI=1S/C9H15NO2/c1-3-4-10(8-11)5-9(2)6-12-7-9/h3,8H,1,4-7H2,2H3. The first kappa shape index (κ1) is 9.26. The van der Waals surface area contributed by atoms with Gasteiger partial charge in [0.2, 0.25) is 6.41 Å². The molecule has 3 nitrogen and oxygen atoms in total. The molecular formula is C9H15NO2. The van der Waals surface area contributed by atoms with Crippen molar-refractivity contribution in [2.75, 3.05) is 26.3 Å². The van der Waals surface area contributed by atoms with E-state index in [9.17, 15) is 4.79 Å². The Bertz CT molecular complexity index is 175. The largest absolute Gasteiger partial charge is 0.380 e. The fraction of sp³-hybridized carbons (Fsp3) is 0.667. The molecule has 3 heteroatoms. The maximum Gasteiger partial charge on any atom is 0.210 e. The van der Waals surface area contributed by atoms with Gasteiger partial charge >= 0.3 is 0 Å². The summed E-state index contributed by atoms with van der Waals surface area (Å²) in [6.45, 7) is 8.62. The van der Waals surface area contributed by atoms with Crippen LogP contribution in [0.3, 0.4) is 0 Å². The Morgan fingerprint density at radius 2 is 2.33 bits per heavy atom. The third kappa shape index (κ3) is 2.08. The number of hydrogen-bond acceptors (Lipinski definition) is 2. The minimum Gasteiger partial charge on any atom is -0.380 e. The zero-order valence-corrected chi connectivity index (χ0v) is 7.45. The summed E-state index contributed by atoms with van der Waals surface area (Å²) >= 11 is 0. The lowest BCUT2D eigenvalue weighted by Crippen LogP contribution is -2.48. The summed E-state index contributed by atoms with van der Waals surface area (Å²) in [6, 6.07) is 0. The minimum absolute atomic E-state index is 0.171. The predicted octanol–water partition coefficient (Wildman–Crippen LogP) is 0.667. The van der Waals surface area contributed by atoms with E-state index in [0.717, 1.165) is 26.2 Å². The van der Waals surface area contributed by atoms with Gasteiger partial charge in [-0.3, -0.25) is 4.79 Å². The number of carbonyl (C=O) groups is 1. The summed E-state index contributed by atoms with van der Waals surface area (Å²) in [5.41, 5.74) is 0.171. The first-order valence-corrected chi connectivity index (χ1v) is 4.08. The molecule has 1 aliphatic rings. The summed E-state index contributed by atoms with van der Waals surface area (Å²) in [4.78, 5) is 12.3. The van der Waals surface area contributed by atoms with Gasteiger partial charge in [-0.15, -0.1) is 6.58 Å². The lowest BCUT2D eigenvalue weighted by atomic mass is 9.88. The Kier molecular flexibility index (Phi) is 2.87. The molecule has 1 fully saturated rings. The van der Waals surface area contributed by atoms with E-state index < -0.39 is 0 Å². The molecule has 1 amide bonds. The van der Waals surface area contributed by atoms with Crippen LogP contribution < -0.4 is 0 Å². The number of rotatable bonds is 5. The van der Waals surface area contributed by atoms with Crippen molar-refractivity contribution in [3.8, 4) is 0 Å². The molecule has 12 heavy (non-hydrogen) atoms. The Morgan fingerprint density at radius 1 is 1.67 bits per heavy atom. The maximum atomic E-state index is 10.6. The van der Waals surface area contributed by atoms with E-state index in [0.29, 0.717) is 6.54 Å². The lowest BCUT2D eigenvalue weighted by molar-refractivity contribution is -0.132. The van der Waals surface area contributed by atoms with Crippen molar-refractivity contribution in [3.63, 3.8) is 0 Å². The highest BCUT2D eigenvalue weighted by atomic mass is 16.5. The molecule has 1 saturated heterocycles. The number of ether oxygens (including phenoxy) is 1. The van der Waals surface area contributed by atoms with Crippen LogP contribution in [-0.2, 0) is 9.53 Å². The van der Waals surface area contributed by atoms with Crippen molar-refractivity contribution in [1.82, 2.24) is 4.90 Å². The average molecular weight is 169 g/mol. The maximum absolute atomic E-state index is 10.6. The quantitative estimate of drug-likeness (QED) is 0.447. The van der Waals surface area contributed by atoms with E-state index in [1.54, 1.807) is 11.0 Å². The van der Waals surface area contributed by atoms with Crippen molar-refractivity contribution >= 4 is 6.41 Å². The third-order valence-electron chi connectivity index (χ3n) is 2.00. The van der Waals surface area contributed by atoms with E-state index in [1.165, 1.54) is 0 Å². The van der Waals surface area contributed by atoms with Crippen LogP contribution in [0.2, 0.25) is 0 Å². The molecule has 0 aromatic rings. The first-order chi connectivity index (χ1) is 5.70. The van der Waals surface area contributed by atoms with Gasteiger partial charge in [0.25, 0.3) is 0 Å². The molecule has 1 heterocycles. The molecule has 0 saturated carbocycles.